The van der Waals surface area contributed by atoms with Gasteiger partial charge in [0.15, 0.2) is 18.1 Å². The van der Waals surface area contributed by atoms with E-state index in [0.717, 1.165) is 16.2 Å². The zero-order valence-corrected chi connectivity index (χ0v) is 16.2. The maximum Gasteiger partial charge on any atom is 0.422 e. The first-order valence-electron chi connectivity index (χ1n) is 8.68. The molecule has 0 fully saturated rings. The molecule has 1 N–H and O–H groups in total. The van der Waals surface area contributed by atoms with Crippen molar-refractivity contribution in [2.24, 2.45) is 0 Å². The maximum absolute atomic E-state index is 12.3. The Balaban J connectivity index is 1.74. The van der Waals surface area contributed by atoms with E-state index in [2.05, 4.69) is 5.32 Å². The Morgan fingerprint density at radius 3 is 2.54 bits per heavy atom. The summed E-state index contributed by atoms with van der Waals surface area (Å²) in [5, 5.41) is 2.86. The number of carbonyl (C=O) groups is 1. The third-order valence-corrected chi connectivity index (χ3v) is 4.71. The van der Waals surface area contributed by atoms with Gasteiger partial charge in [-0.3, -0.25) is 4.79 Å². The summed E-state index contributed by atoms with van der Waals surface area (Å²) < 4.78 is 46.7. The lowest BCUT2D eigenvalue weighted by Gasteiger charge is -2.13. The summed E-state index contributed by atoms with van der Waals surface area (Å²) in [6.07, 6.45) is -3.68. The highest BCUT2D eigenvalue weighted by Gasteiger charge is 2.29. The summed E-state index contributed by atoms with van der Waals surface area (Å²) in [7, 11) is 1.36. The molecule has 0 aliphatic rings. The van der Waals surface area contributed by atoms with E-state index in [4.69, 9.17) is 9.47 Å². The minimum atomic E-state index is -4.42. The first-order chi connectivity index (χ1) is 13.4. The molecule has 0 radical (unpaired) electrons. The molecule has 28 heavy (non-hydrogen) atoms. The molecule has 0 aliphatic heterocycles. The molecule has 2 rings (SSSR count). The number of aryl methyl sites for hydroxylation is 1. The highest BCUT2D eigenvalue weighted by molar-refractivity contribution is 7.99. The predicted octanol–water partition coefficient (Wildman–Crippen LogP) is 4.48. The van der Waals surface area contributed by atoms with Crippen molar-refractivity contribution in [2.45, 2.75) is 23.9 Å². The van der Waals surface area contributed by atoms with Crippen LogP contribution in [0.2, 0.25) is 0 Å². The fraction of sp³-hybridized carbons (Fsp3) is 0.350. The van der Waals surface area contributed by atoms with Crippen LogP contribution in [0.25, 0.3) is 0 Å². The summed E-state index contributed by atoms with van der Waals surface area (Å²) in [6, 6.07) is 14.6. The molecule has 4 nitrogen and oxygen atoms in total. The van der Waals surface area contributed by atoms with Crippen molar-refractivity contribution in [3.63, 3.8) is 0 Å². The van der Waals surface area contributed by atoms with Crippen molar-refractivity contribution >= 4 is 17.7 Å². The van der Waals surface area contributed by atoms with Gasteiger partial charge in [0.2, 0.25) is 5.91 Å². The second-order valence-electron chi connectivity index (χ2n) is 5.90. The SMILES string of the molecule is COc1cc(CCC(=O)NCCSc2ccccc2)ccc1OCC(F)(F)F. The van der Waals surface area contributed by atoms with Crippen LogP contribution < -0.4 is 14.8 Å². The van der Waals surface area contributed by atoms with Gasteiger partial charge in [0.25, 0.3) is 0 Å². The number of hydrogen-bond acceptors (Lipinski definition) is 4. The van der Waals surface area contributed by atoms with Crippen LogP contribution in [0.5, 0.6) is 11.5 Å². The van der Waals surface area contributed by atoms with Gasteiger partial charge in [0.1, 0.15) is 0 Å². The van der Waals surface area contributed by atoms with Crippen LogP contribution >= 0.6 is 11.8 Å². The third-order valence-electron chi connectivity index (χ3n) is 3.70. The number of ether oxygens (including phenoxy) is 2. The van der Waals surface area contributed by atoms with Crippen LogP contribution in [0.3, 0.4) is 0 Å². The molecule has 0 aliphatic carbocycles. The Bertz CT molecular complexity index is 754. The fourth-order valence-electron chi connectivity index (χ4n) is 2.37. The number of halogens is 3. The minimum Gasteiger partial charge on any atom is -0.493 e. The van der Waals surface area contributed by atoms with Crippen molar-refractivity contribution in [3.05, 3.63) is 54.1 Å². The molecule has 2 aromatic carbocycles. The molecular formula is C20H22F3NO3S. The van der Waals surface area contributed by atoms with E-state index in [-0.39, 0.29) is 23.8 Å². The number of thioether (sulfide) groups is 1. The average molecular weight is 413 g/mol. The van der Waals surface area contributed by atoms with E-state index < -0.39 is 12.8 Å². The molecule has 1 amide bonds. The summed E-state index contributed by atoms with van der Waals surface area (Å²) in [6.45, 7) is -0.821. The van der Waals surface area contributed by atoms with Crippen molar-refractivity contribution in [1.82, 2.24) is 5.32 Å². The number of amides is 1. The number of alkyl halides is 3. The number of rotatable bonds is 10. The highest BCUT2D eigenvalue weighted by Crippen LogP contribution is 2.30. The lowest BCUT2D eigenvalue weighted by molar-refractivity contribution is -0.153. The summed E-state index contributed by atoms with van der Waals surface area (Å²) >= 11 is 1.66. The molecule has 0 heterocycles. The molecule has 0 aromatic heterocycles. The maximum atomic E-state index is 12.3. The van der Waals surface area contributed by atoms with E-state index in [0.29, 0.717) is 13.0 Å². The van der Waals surface area contributed by atoms with Crippen LogP contribution in [0, 0.1) is 0 Å². The molecule has 152 valence electrons. The van der Waals surface area contributed by atoms with Gasteiger partial charge in [-0.2, -0.15) is 13.2 Å². The van der Waals surface area contributed by atoms with Crippen LogP contribution in [0.1, 0.15) is 12.0 Å². The number of hydrogen-bond donors (Lipinski definition) is 1. The van der Waals surface area contributed by atoms with Crippen molar-refractivity contribution in [2.75, 3.05) is 26.0 Å². The first-order valence-corrected chi connectivity index (χ1v) is 9.67. The molecular weight excluding hydrogens is 391 g/mol. The number of nitrogens with one attached hydrogen (secondary N) is 1. The number of carbonyl (C=O) groups excluding carboxylic acids is 1. The zero-order chi connectivity index (χ0) is 20.4. The van der Waals surface area contributed by atoms with Crippen molar-refractivity contribution in [3.8, 4) is 11.5 Å². The van der Waals surface area contributed by atoms with Gasteiger partial charge in [0.05, 0.1) is 7.11 Å². The van der Waals surface area contributed by atoms with Gasteiger partial charge in [0, 0.05) is 23.6 Å². The molecule has 8 heteroatoms. The second kappa shape index (κ2) is 10.8. The van der Waals surface area contributed by atoms with E-state index in [1.54, 1.807) is 23.9 Å². The normalized spacial score (nSPS) is 11.1. The number of benzene rings is 2. The smallest absolute Gasteiger partial charge is 0.422 e. The van der Waals surface area contributed by atoms with Crippen molar-refractivity contribution in [1.29, 1.82) is 0 Å². The van der Waals surface area contributed by atoms with Gasteiger partial charge >= 0.3 is 6.18 Å². The van der Waals surface area contributed by atoms with E-state index in [1.165, 1.54) is 13.2 Å². The van der Waals surface area contributed by atoms with Gasteiger partial charge in [-0.1, -0.05) is 24.3 Å². The molecule has 0 spiro atoms. The van der Waals surface area contributed by atoms with Gasteiger partial charge in [-0.15, -0.1) is 11.8 Å². The Hall–Kier alpha value is -2.35. The molecule has 2 aromatic rings. The Morgan fingerprint density at radius 1 is 1.11 bits per heavy atom. The van der Waals surface area contributed by atoms with Gasteiger partial charge in [-0.05, 0) is 36.2 Å². The lowest BCUT2D eigenvalue weighted by atomic mass is 10.1. The quantitative estimate of drug-likeness (QED) is 0.461. The van der Waals surface area contributed by atoms with Crippen LogP contribution in [-0.2, 0) is 11.2 Å². The first kappa shape index (κ1) is 21.9. The molecule has 0 saturated heterocycles. The minimum absolute atomic E-state index is 0.0194. The Kier molecular flexibility index (Phi) is 8.50. The van der Waals surface area contributed by atoms with E-state index in [1.807, 2.05) is 30.3 Å². The lowest BCUT2D eigenvalue weighted by Crippen LogP contribution is -2.25. The summed E-state index contributed by atoms with van der Waals surface area (Å²) in [4.78, 5) is 13.1. The van der Waals surface area contributed by atoms with Crippen LogP contribution in [-0.4, -0.2) is 38.1 Å². The van der Waals surface area contributed by atoms with Crippen LogP contribution in [0.15, 0.2) is 53.4 Å². The Labute approximate surface area is 166 Å². The van der Waals surface area contributed by atoms with Gasteiger partial charge in [-0.25, -0.2) is 0 Å². The summed E-state index contributed by atoms with van der Waals surface area (Å²) in [5.41, 5.74) is 0.782. The third kappa shape index (κ3) is 8.12. The fourth-order valence-corrected chi connectivity index (χ4v) is 3.16. The number of methoxy groups -OCH3 is 1. The largest absolute Gasteiger partial charge is 0.493 e. The molecule has 0 saturated carbocycles. The van der Waals surface area contributed by atoms with Crippen LogP contribution in [0.4, 0.5) is 13.2 Å². The Morgan fingerprint density at radius 2 is 1.86 bits per heavy atom. The van der Waals surface area contributed by atoms with E-state index in [9.17, 15) is 18.0 Å². The predicted molar refractivity (Wildman–Crippen MR) is 103 cm³/mol. The zero-order valence-electron chi connectivity index (χ0n) is 15.4. The monoisotopic (exact) mass is 413 g/mol. The van der Waals surface area contributed by atoms with E-state index >= 15 is 0 Å². The van der Waals surface area contributed by atoms with Gasteiger partial charge < -0.3 is 14.8 Å². The average Bonchev–Trinajstić information content (AvgIpc) is 2.68. The van der Waals surface area contributed by atoms with Crippen molar-refractivity contribution < 1.29 is 27.4 Å². The molecule has 0 unspecified atom stereocenters. The second-order valence-corrected chi connectivity index (χ2v) is 7.07. The molecule has 0 atom stereocenters. The standard InChI is InChI=1S/C20H22F3NO3S/c1-26-18-13-15(7-9-17(18)27-14-20(21,22)23)8-10-19(25)24-11-12-28-16-5-3-2-4-6-16/h2-7,9,13H,8,10-12,14H2,1H3,(H,24,25). The topological polar surface area (TPSA) is 47.6 Å². The highest BCUT2D eigenvalue weighted by atomic mass is 32.2. The summed E-state index contributed by atoms with van der Waals surface area (Å²) in [5.74, 6) is 0.923. The molecule has 0 bridgehead atoms.